The van der Waals surface area contributed by atoms with Crippen LogP contribution >= 0.6 is 24.0 Å². The van der Waals surface area contributed by atoms with Gasteiger partial charge in [0.2, 0.25) is 0 Å². The molecule has 0 spiro atoms. The molecule has 0 saturated carbocycles. The van der Waals surface area contributed by atoms with Crippen LogP contribution in [0.15, 0.2) is 41.9 Å². The summed E-state index contributed by atoms with van der Waals surface area (Å²) in [5.74, 6) is 1.81. The largest absolute Gasteiger partial charge is 0.497 e. The monoisotopic (exact) mass is 472 g/mol. The first-order valence-electron chi connectivity index (χ1n) is 8.67. The quantitative estimate of drug-likeness (QED) is 0.263. The molecule has 1 N–H and O–H groups in total. The molecule has 0 fully saturated rings. The van der Waals surface area contributed by atoms with Crippen molar-refractivity contribution >= 4 is 29.9 Å². The molecule has 2 aromatic rings. The first-order chi connectivity index (χ1) is 12.2. The maximum atomic E-state index is 5.20. The van der Waals surface area contributed by atoms with E-state index in [2.05, 4.69) is 46.5 Å². The average Bonchev–Trinajstić information content (AvgIpc) is 3.14. The van der Waals surface area contributed by atoms with Crippen LogP contribution in [0, 0.1) is 0 Å². The van der Waals surface area contributed by atoms with Gasteiger partial charge in [0.1, 0.15) is 18.4 Å². The van der Waals surface area contributed by atoms with Crippen molar-refractivity contribution < 1.29 is 4.74 Å². The molecule has 26 heavy (non-hydrogen) atoms. The Hall–Kier alpha value is -1.84. The molecule has 7 nitrogen and oxygen atoms in total. The van der Waals surface area contributed by atoms with E-state index in [1.807, 2.05) is 16.7 Å². The van der Waals surface area contributed by atoms with Gasteiger partial charge in [0.05, 0.1) is 7.11 Å². The van der Waals surface area contributed by atoms with Gasteiger partial charge in [-0.15, -0.1) is 34.2 Å². The van der Waals surface area contributed by atoms with E-state index in [4.69, 9.17) is 9.73 Å². The van der Waals surface area contributed by atoms with Gasteiger partial charge in [0.15, 0.2) is 5.96 Å². The van der Waals surface area contributed by atoms with Crippen molar-refractivity contribution in [1.29, 1.82) is 0 Å². The number of nitrogens with one attached hydrogen (secondary N) is 1. The molecular formula is C18H29IN6O. The number of halogens is 1. The third-order valence-electron chi connectivity index (χ3n) is 3.83. The van der Waals surface area contributed by atoms with Crippen molar-refractivity contribution in [2.24, 2.45) is 4.99 Å². The van der Waals surface area contributed by atoms with Crippen molar-refractivity contribution in [2.45, 2.75) is 32.9 Å². The number of ether oxygens (including phenoxy) is 1. The van der Waals surface area contributed by atoms with Crippen LogP contribution in [0.1, 0.15) is 25.3 Å². The molecule has 0 saturated heterocycles. The highest BCUT2D eigenvalue weighted by atomic mass is 127. The van der Waals surface area contributed by atoms with E-state index in [9.17, 15) is 0 Å². The van der Waals surface area contributed by atoms with Crippen molar-refractivity contribution in [3.63, 3.8) is 0 Å². The van der Waals surface area contributed by atoms with Crippen LogP contribution in [-0.2, 0) is 13.1 Å². The third kappa shape index (κ3) is 7.59. The van der Waals surface area contributed by atoms with E-state index < -0.39 is 0 Å². The molecular weight excluding hydrogens is 443 g/mol. The molecule has 144 valence electrons. The van der Waals surface area contributed by atoms with E-state index in [0.29, 0.717) is 0 Å². The van der Waals surface area contributed by atoms with E-state index in [1.165, 1.54) is 5.56 Å². The van der Waals surface area contributed by atoms with E-state index >= 15 is 0 Å². The Morgan fingerprint density at radius 3 is 2.50 bits per heavy atom. The minimum Gasteiger partial charge on any atom is -0.497 e. The Kier molecular flexibility index (Phi) is 10.7. The van der Waals surface area contributed by atoms with Gasteiger partial charge < -0.3 is 19.5 Å². The molecule has 0 aliphatic carbocycles. The second-order valence-corrected chi connectivity index (χ2v) is 5.85. The molecule has 0 radical (unpaired) electrons. The molecule has 0 aliphatic heterocycles. The number of unbranched alkanes of at least 4 members (excludes halogenated alkanes) is 1. The molecule has 2 rings (SSSR count). The highest BCUT2D eigenvalue weighted by Crippen LogP contribution is 2.12. The molecule has 0 bridgehead atoms. The fourth-order valence-electron chi connectivity index (χ4n) is 2.48. The van der Waals surface area contributed by atoms with Gasteiger partial charge in [0, 0.05) is 33.2 Å². The fourth-order valence-corrected chi connectivity index (χ4v) is 2.48. The topological polar surface area (TPSA) is 67.6 Å². The Labute approximate surface area is 172 Å². The molecule has 0 atom stereocenters. The first-order valence-corrected chi connectivity index (χ1v) is 8.67. The smallest absolute Gasteiger partial charge is 0.193 e. The van der Waals surface area contributed by atoms with Gasteiger partial charge in [-0.25, -0.2) is 0 Å². The number of aromatic nitrogens is 3. The van der Waals surface area contributed by atoms with Crippen LogP contribution in [-0.4, -0.2) is 52.9 Å². The number of nitrogens with zero attached hydrogens (tertiary/aromatic N) is 5. The Bertz CT molecular complexity index is 630. The van der Waals surface area contributed by atoms with Crippen LogP contribution in [0.5, 0.6) is 5.75 Å². The van der Waals surface area contributed by atoms with Gasteiger partial charge in [-0.2, -0.15) is 0 Å². The first kappa shape index (κ1) is 22.2. The summed E-state index contributed by atoms with van der Waals surface area (Å²) in [4.78, 5) is 6.87. The lowest BCUT2D eigenvalue weighted by Crippen LogP contribution is -2.38. The lowest BCUT2D eigenvalue weighted by atomic mass is 10.2. The van der Waals surface area contributed by atoms with Crippen LogP contribution in [0.4, 0.5) is 0 Å². The molecule has 0 unspecified atom stereocenters. The van der Waals surface area contributed by atoms with Crippen LogP contribution in [0.3, 0.4) is 0 Å². The SMILES string of the molecule is CCNC(=NCCCCn1cnnc1)N(C)Cc1ccc(OC)cc1.I. The summed E-state index contributed by atoms with van der Waals surface area (Å²) >= 11 is 0. The molecule has 1 aromatic heterocycles. The van der Waals surface area contributed by atoms with Crippen molar-refractivity contribution in [3.8, 4) is 5.75 Å². The highest BCUT2D eigenvalue weighted by molar-refractivity contribution is 14.0. The van der Waals surface area contributed by atoms with Gasteiger partial charge in [-0.05, 0) is 37.5 Å². The van der Waals surface area contributed by atoms with Crippen molar-refractivity contribution in [3.05, 3.63) is 42.5 Å². The van der Waals surface area contributed by atoms with Crippen LogP contribution in [0.2, 0.25) is 0 Å². The Balaban J connectivity index is 0.00000338. The van der Waals surface area contributed by atoms with Gasteiger partial charge in [-0.3, -0.25) is 4.99 Å². The molecule has 0 amide bonds. The van der Waals surface area contributed by atoms with Gasteiger partial charge in [0.25, 0.3) is 0 Å². The summed E-state index contributed by atoms with van der Waals surface area (Å²) in [7, 11) is 3.74. The van der Waals surface area contributed by atoms with Crippen LogP contribution in [0.25, 0.3) is 0 Å². The summed E-state index contributed by atoms with van der Waals surface area (Å²) in [6.45, 7) is 5.48. The normalized spacial score (nSPS) is 11.0. The summed E-state index contributed by atoms with van der Waals surface area (Å²) in [5.41, 5.74) is 1.22. The maximum absolute atomic E-state index is 5.20. The second kappa shape index (κ2) is 12.5. The number of hydrogen-bond donors (Lipinski definition) is 1. The molecule has 8 heteroatoms. The summed E-state index contributed by atoms with van der Waals surface area (Å²) in [6, 6.07) is 8.13. The Morgan fingerprint density at radius 1 is 1.19 bits per heavy atom. The van der Waals surface area contributed by atoms with E-state index in [-0.39, 0.29) is 24.0 Å². The number of aliphatic imine (C=N–C) groups is 1. The second-order valence-electron chi connectivity index (χ2n) is 5.85. The average molecular weight is 472 g/mol. The predicted molar refractivity (Wildman–Crippen MR) is 115 cm³/mol. The standard InChI is InChI=1S/C18H28N6O.HI/c1-4-19-18(20-11-5-6-12-24-14-21-22-15-24)23(2)13-16-7-9-17(25-3)10-8-16;/h7-10,14-15H,4-6,11-13H2,1-3H3,(H,19,20);1H. The van der Waals surface area contributed by atoms with Gasteiger partial charge in [-0.1, -0.05) is 12.1 Å². The minimum absolute atomic E-state index is 0. The molecule has 1 aromatic carbocycles. The van der Waals surface area contributed by atoms with E-state index in [0.717, 1.165) is 50.7 Å². The fraction of sp³-hybridized carbons (Fsp3) is 0.500. The summed E-state index contributed by atoms with van der Waals surface area (Å²) in [6.07, 6.45) is 5.58. The van der Waals surface area contributed by atoms with E-state index in [1.54, 1.807) is 19.8 Å². The highest BCUT2D eigenvalue weighted by Gasteiger charge is 2.06. The molecule has 0 aliphatic rings. The zero-order chi connectivity index (χ0) is 17.9. The van der Waals surface area contributed by atoms with Crippen molar-refractivity contribution in [2.75, 3.05) is 27.2 Å². The molecule has 1 heterocycles. The number of methoxy groups -OCH3 is 1. The zero-order valence-electron chi connectivity index (χ0n) is 15.8. The minimum atomic E-state index is 0. The zero-order valence-corrected chi connectivity index (χ0v) is 18.1. The third-order valence-corrected chi connectivity index (χ3v) is 3.83. The summed E-state index contributed by atoms with van der Waals surface area (Å²) < 4.78 is 7.19. The number of rotatable bonds is 9. The Morgan fingerprint density at radius 2 is 1.88 bits per heavy atom. The number of hydrogen-bond acceptors (Lipinski definition) is 4. The lowest BCUT2D eigenvalue weighted by Gasteiger charge is -2.22. The lowest BCUT2D eigenvalue weighted by molar-refractivity contribution is 0.414. The number of aryl methyl sites for hydroxylation is 1. The van der Waals surface area contributed by atoms with Gasteiger partial charge >= 0.3 is 0 Å². The van der Waals surface area contributed by atoms with Crippen molar-refractivity contribution in [1.82, 2.24) is 25.0 Å². The summed E-state index contributed by atoms with van der Waals surface area (Å²) in [5, 5.41) is 11.0. The number of guanidine groups is 1. The number of benzene rings is 1. The maximum Gasteiger partial charge on any atom is 0.193 e. The predicted octanol–water partition coefficient (Wildman–Crippen LogP) is 2.78. The van der Waals surface area contributed by atoms with Crippen LogP contribution < -0.4 is 10.1 Å².